The highest BCUT2D eigenvalue weighted by Crippen LogP contribution is 2.20. The van der Waals surface area contributed by atoms with Gasteiger partial charge in [-0.25, -0.2) is 0 Å². The highest BCUT2D eigenvalue weighted by Gasteiger charge is 1.99. The van der Waals surface area contributed by atoms with Crippen LogP contribution in [0, 0.1) is 6.92 Å². The summed E-state index contributed by atoms with van der Waals surface area (Å²) in [6.45, 7) is 2.63. The maximum Gasteiger partial charge on any atom is 0.119 e. The van der Waals surface area contributed by atoms with Crippen molar-refractivity contribution in [1.82, 2.24) is 0 Å². The van der Waals surface area contributed by atoms with E-state index < -0.39 is 0 Å². The second-order valence-corrected chi connectivity index (χ2v) is 5.12. The Bertz CT molecular complexity index is 508. The molecule has 88 valence electrons. The summed E-state index contributed by atoms with van der Waals surface area (Å²) in [5, 5.41) is 0.719. The molecule has 0 aromatic heterocycles. The topological polar surface area (TPSA) is 9.23 Å². The van der Waals surface area contributed by atoms with Crippen LogP contribution in [0.25, 0.3) is 0 Å². The SMILES string of the molecule is Cc1cc(COc2ccc(Cl)cc2)ccc1Br. The van der Waals surface area contributed by atoms with Crippen molar-refractivity contribution in [2.24, 2.45) is 0 Å². The molecule has 2 rings (SSSR count). The zero-order chi connectivity index (χ0) is 12.3. The second-order valence-electron chi connectivity index (χ2n) is 3.83. The first-order valence-electron chi connectivity index (χ1n) is 5.28. The van der Waals surface area contributed by atoms with Gasteiger partial charge >= 0.3 is 0 Å². The van der Waals surface area contributed by atoms with Gasteiger partial charge in [0.25, 0.3) is 0 Å². The molecule has 3 heteroatoms. The Hall–Kier alpha value is -0.990. The van der Waals surface area contributed by atoms with Crippen LogP contribution in [0.4, 0.5) is 0 Å². The van der Waals surface area contributed by atoms with Gasteiger partial charge < -0.3 is 4.74 Å². The van der Waals surface area contributed by atoms with Crippen LogP contribution in [0.1, 0.15) is 11.1 Å². The minimum Gasteiger partial charge on any atom is -0.489 e. The first kappa shape index (κ1) is 12.5. The molecule has 0 amide bonds. The smallest absolute Gasteiger partial charge is 0.119 e. The zero-order valence-electron chi connectivity index (χ0n) is 9.41. The summed E-state index contributed by atoms with van der Waals surface area (Å²) in [6, 6.07) is 13.6. The van der Waals surface area contributed by atoms with E-state index in [-0.39, 0.29) is 0 Å². The minimum atomic E-state index is 0.565. The second kappa shape index (κ2) is 5.56. The molecule has 1 nitrogen and oxygen atoms in total. The number of halogens is 2. The first-order valence-corrected chi connectivity index (χ1v) is 6.45. The zero-order valence-corrected chi connectivity index (χ0v) is 11.8. The van der Waals surface area contributed by atoms with Crippen LogP contribution >= 0.6 is 27.5 Å². The molecule has 0 atom stereocenters. The van der Waals surface area contributed by atoms with Crippen molar-refractivity contribution in [2.75, 3.05) is 0 Å². The lowest BCUT2D eigenvalue weighted by atomic mass is 10.1. The molecule has 0 fully saturated rings. The Kier molecular flexibility index (Phi) is 4.08. The monoisotopic (exact) mass is 310 g/mol. The van der Waals surface area contributed by atoms with Gasteiger partial charge in [-0.3, -0.25) is 0 Å². The van der Waals surface area contributed by atoms with Crippen molar-refractivity contribution in [3.8, 4) is 5.75 Å². The van der Waals surface area contributed by atoms with Crippen molar-refractivity contribution in [1.29, 1.82) is 0 Å². The molecule has 0 radical (unpaired) electrons. The molecular weight excluding hydrogens is 300 g/mol. The van der Waals surface area contributed by atoms with Gasteiger partial charge in [0.2, 0.25) is 0 Å². The lowest BCUT2D eigenvalue weighted by molar-refractivity contribution is 0.306. The maximum absolute atomic E-state index is 5.81. The van der Waals surface area contributed by atoms with Gasteiger partial charge in [0.1, 0.15) is 12.4 Å². The summed E-state index contributed by atoms with van der Waals surface area (Å²) >= 11 is 9.28. The molecule has 0 N–H and O–H groups in total. The molecule has 0 heterocycles. The van der Waals surface area contributed by atoms with Crippen molar-refractivity contribution in [3.05, 3.63) is 63.1 Å². The van der Waals surface area contributed by atoms with Crippen molar-refractivity contribution >= 4 is 27.5 Å². The molecular formula is C14H12BrClO. The van der Waals surface area contributed by atoms with Gasteiger partial charge in [-0.15, -0.1) is 0 Å². The summed E-state index contributed by atoms with van der Waals surface area (Å²) in [5.74, 6) is 0.829. The number of benzene rings is 2. The van der Waals surface area contributed by atoms with Crippen LogP contribution < -0.4 is 4.74 Å². The summed E-state index contributed by atoms with van der Waals surface area (Å²) < 4.78 is 6.79. The number of aryl methyl sites for hydroxylation is 1. The third-order valence-corrected chi connectivity index (χ3v) is 3.58. The van der Waals surface area contributed by atoms with Gasteiger partial charge in [-0.2, -0.15) is 0 Å². The van der Waals surface area contributed by atoms with E-state index in [0.29, 0.717) is 6.61 Å². The number of hydrogen-bond donors (Lipinski definition) is 0. The minimum absolute atomic E-state index is 0.565. The molecule has 0 saturated heterocycles. The lowest BCUT2D eigenvalue weighted by Crippen LogP contribution is -1.95. The molecule has 0 unspecified atom stereocenters. The van der Waals surface area contributed by atoms with Crippen LogP contribution in [0.15, 0.2) is 46.9 Å². The van der Waals surface area contributed by atoms with E-state index in [9.17, 15) is 0 Å². The van der Waals surface area contributed by atoms with Crippen LogP contribution in [-0.2, 0) is 6.61 Å². The normalized spacial score (nSPS) is 10.3. The fourth-order valence-electron chi connectivity index (χ4n) is 1.49. The Balaban J connectivity index is 2.02. The highest BCUT2D eigenvalue weighted by atomic mass is 79.9. The van der Waals surface area contributed by atoms with Crippen LogP contribution in [0.3, 0.4) is 0 Å². The highest BCUT2D eigenvalue weighted by molar-refractivity contribution is 9.10. The van der Waals surface area contributed by atoms with Crippen LogP contribution in [-0.4, -0.2) is 0 Å². The predicted octanol–water partition coefficient (Wildman–Crippen LogP) is 4.99. The summed E-state index contributed by atoms with van der Waals surface area (Å²) in [6.07, 6.45) is 0. The van der Waals surface area contributed by atoms with Gasteiger partial charge in [-0.05, 0) is 48.4 Å². The third-order valence-electron chi connectivity index (χ3n) is 2.44. The summed E-state index contributed by atoms with van der Waals surface area (Å²) in [4.78, 5) is 0. The number of rotatable bonds is 3. The fraction of sp³-hybridized carbons (Fsp3) is 0.143. The van der Waals surface area contributed by atoms with E-state index in [1.807, 2.05) is 36.4 Å². The van der Waals surface area contributed by atoms with Crippen molar-refractivity contribution < 1.29 is 4.74 Å². The average molecular weight is 312 g/mol. The number of hydrogen-bond acceptors (Lipinski definition) is 1. The predicted molar refractivity (Wildman–Crippen MR) is 74.7 cm³/mol. The molecule has 2 aromatic rings. The average Bonchev–Trinajstić information content (AvgIpc) is 2.33. The van der Waals surface area contributed by atoms with E-state index >= 15 is 0 Å². The van der Waals surface area contributed by atoms with E-state index in [1.54, 1.807) is 0 Å². The van der Waals surface area contributed by atoms with Gasteiger partial charge in [0.05, 0.1) is 0 Å². The van der Waals surface area contributed by atoms with Crippen molar-refractivity contribution in [2.45, 2.75) is 13.5 Å². The summed E-state index contributed by atoms with van der Waals surface area (Å²) in [7, 11) is 0. The quantitative estimate of drug-likeness (QED) is 0.776. The van der Waals surface area contributed by atoms with Gasteiger partial charge in [0.15, 0.2) is 0 Å². The van der Waals surface area contributed by atoms with E-state index in [2.05, 4.69) is 28.9 Å². The Labute approximate surface area is 115 Å². The van der Waals surface area contributed by atoms with E-state index in [0.717, 1.165) is 20.8 Å². The Morgan fingerprint density at radius 3 is 2.47 bits per heavy atom. The largest absolute Gasteiger partial charge is 0.489 e. The van der Waals surface area contributed by atoms with E-state index in [1.165, 1.54) is 5.56 Å². The summed E-state index contributed by atoms with van der Waals surface area (Å²) in [5.41, 5.74) is 2.36. The van der Waals surface area contributed by atoms with Crippen LogP contribution in [0.5, 0.6) is 5.75 Å². The molecule has 0 spiro atoms. The molecule has 0 aliphatic heterocycles. The Morgan fingerprint density at radius 2 is 1.82 bits per heavy atom. The Morgan fingerprint density at radius 1 is 1.12 bits per heavy atom. The molecule has 2 aromatic carbocycles. The van der Waals surface area contributed by atoms with E-state index in [4.69, 9.17) is 16.3 Å². The van der Waals surface area contributed by atoms with Gasteiger partial charge in [-0.1, -0.05) is 39.7 Å². The molecule has 0 aliphatic carbocycles. The molecule has 0 bridgehead atoms. The third kappa shape index (κ3) is 3.48. The molecule has 0 aliphatic rings. The first-order chi connectivity index (χ1) is 8.15. The van der Waals surface area contributed by atoms with Crippen LogP contribution in [0.2, 0.25) is 5.02 Å². The molecule has 17 heavy (non-hydrogen) atoms. The molecule has 0 saturated carbocycles. The van der Waals surface area contributed by atoms with Crippen molar-refractivity contribution in [3.63, 3.8) is 0 Å². The maximum atomic E-state index is 5.81. The standard InChI is InChI=1S/C14H12BrClO/c1-10-8-11(2-7-14(10)15)9-17-13-5-3-12(16)4-6-13/h2-8H,9H2,1H3. The fourth-order valence-corrected chi connectivity index (χ4v) is 1.87. The van der Waals surface area contributed by atoms with Gasteiger partial charge in [0, 0.05) is 9.50 Å². The number of ether oxygens (including phenoxy) is 1. The lowest BCUT2D eigenvalue weighted by Gasteiger charge is -2.07.